The molecule has 0 atom stereocenters. The summed E-state index contributed by atoms with van der Waals surface area (Å²) in [4.78, 5) is 17.2. The molecule has 4 rings (SSSR count). The van der Waals surface area contributed by atoms with Gasteiger partial charge >= 0.3 is 0 Å². The summed E-state index contributed by atoms with van der Waals surface area (Å²) in [7, 11) is -3.50. The Morgan fingerprint density at radius 3 is 2.29 bits per heavy atom. The summed E-state index contributed by atoms with van der Waals surface area (Å²) in [5, 5.41) is 3.91. The molecule has 0 spiro atoms. The molecule has 0 bridgehead atoms. The first-order valence-corrected chi connectivity index (χ1v) is 12.3. The number of hydrogen-bond acceptors (Lipinski definition) is 6. The van der Waals surface area contributed by atoms with E-state index in [4.69, 9.17) is 4.52 Å². The third kappa shape index (κ3) is 4.99. The van der Waals surface area contributed by atoms with Crippen LogP contribution in [0.3, 0.4) is 0 Å². The van der Waals surface area contributed by atoms with Gasteiger partial charge in [0.25, 0.3) is 5.91 Å². The quantitative estimate of drug-likeness (QED) is 0.701. The maximum atomic E-state index is 12.9. The van der Waals surface area contributed by atoms with Gasteiger partial charge in [0, 0.05) is 50.9 Å². The van der Waals surface area contributed by atoms with Crippen LogP contribution in [0, 0.1) is 12.8 Å². The van der Waals surface area contributed by atoms with Gasteiger partial charge < -0.3 is 9.42 Å². The summed E-state index contributed by atoms with van der Waals surface area (Å²) in [5.74, 6) is 1.33. The number of piperidine rings is 1. The van der Waals surface area contributed by atoms with Gasteiger partial charge in [0.2, 0.25) is 10.0 Å². The Hall–Kier alpha value is -2.23. The van der Waals surface area contributed by atoms with Crippen LogP contribution in [0.25, 0.3) is 0 Å². The van der Waals surface area contributed by atoms with Crippen LogP contribution in [0.4, 0.5) is 0 Å². The molecule has 0 radical (unpaired) electrons. The minimum Gasteiger partial charge on any atom is -0.360 e. The molecule has 9 heteroatoms. The van der Waals surface area contributed by atoms with Crippen LogP contribution in [0.2, 0.25) is 0 Å². The molecule has 1 aromatic carbocycles. The summed E-state index contributed by atoms with van der Waals surface area (Å²) >= 11 is 0. The van der Waals surface area contributed by atoms with Gasteiger partial charge in [0.15, 0.2) is 5.76 Å². The lowest BCUT2D eigenvalue weighted by atomic mass is 10.0. The maximum absolute atomic E-state index is 12.9. The summed E-state index contributed by atoms with van der Waals surface area (Å²) in [6, 6.07) is 8.31. The van der Waals surface area contributed by atoms with Crippen molar-refractivity contribution < 1.29 is 17.7 Å². The third-order valence-corrected chi connectivity index (χ3v) is 8.11. The molecule has 2 aromatic rings. The van der Waals surface area contributed by atoms with E-state index >= 15 is 0 Å². The van der Waals surface area contributed by atoms with Crippen LogP contribution in [-0.4, -0.2) is 72.9 Å². The molecule has 168 valence electrons. The number of carbonyl (C=O) groups excluding carboxylic acids is 1. The third-order valence-electron chi connectivity index (χ3n) is 6.20. The number of carbonyl (C=O) groups is 1. The van der Waals surface area contributed by atoms with Crippen LogP contribution in [0.1, 0.15) is 41.6 Å². The molecule has 0 N–H and O–H groups in total. The average Bonchev–Trinajstić information content (AvgIpc) is 3.18. The van der Waals surface area contributed by atoms with Gasteiger partial charge in [-0.25, -0.2) is 8.42 Å². The monoisotopic (exact) mass is 446 g/mol. The van der Waals surface area contributed by atoms with Crippen molar-refractivity contribution in [2.24, 2.45) is 5.92 Å². The lowest BCUT2D eigenvalue weighted by molar-refractivity contribution is 0.0617. The average molecular weight is 447 g/mol. The Kier molecular flexibility index (Phi) is 6.45. The predicted octanol–water partition coefficient (Wildman–Crippen LogP) is 2.36. The lowest BCUT2D eigenvalue weighted by Crippen LogP contribution is -2.48. The number of aryl methyl sites for hydroxylation is 1. The van der Waals surface area contributed by atoms with Gasteiger partial charge in [-0.1, -0.05) is 12.1 Å². The van der Waals surface area contributed by atoms with Crippen molar-refractivity contribution in [1.29, 1.82) is 0 Å². The van der Waals surface area contributed by atoms with E-state index in [1.807, 2.05) is 17.9 Å². The molecule has 0 saturated carbocycles. The van der Waals surface area contributed by atoms with Crippen molar-refractivity contribution in [1.82, 2.24) is 19.3 Å². The second-order valence-electron chi connectivity index (χ2n) is 8.61. The molecule has 31 heavy (non-hydrogen) atoms. The number of aromatic nitrogens is 1. The topological polar surface area (TPSA) is 87.0 Å². The molecule has 1 aromatic heterocycles. The van der Waals surface area contributed by atoms with E-state index in [9.17, 15) is 13.2 Å². The van der Waals surface area contributed by atoms with Crippen molar-refractivity contribution >= 4 is 15.9 Å². The fourth-order valence-corrected chi connectivity index (χ4v) is 5.62. The SMILES string of the molecule is Cc1cc(CN2CCN(C(=O)c3ccc(S(=O)(=O)N4CCC(C)CC4)cc3)CC2)on1. The number of sulfonamides is 1. The molecule has 0 unspecified atom stereocenters. The number of rotatable bonds is 5. The highest BCUT2D eigenvalue weighted by Gasteiger charge is 2.29. The van der Waals surface area contributed by atoms with Crippen LogP contribution in [0.5, 0.6) is 0 Å². The molecule has 3 heterocycles. The van der Waals surface area contributed by atoms with E-state index < -0.39 is 10.0 Å². The highest BCUT2D eigenvalue weighted by Crippen LogP contribution is 2.24. The molecule has 1 amide bonds. The number of nitrogens with zero attached hydrogens (tertiary/aromatic N) is 4. The van der Waals surface area contributed by atoms with Gasteiger partial charge in [0.1, 0.15) is 0 Å². The standard InChI is InChI=1S/C22H30N4O4S/c1-17-7-9-26(10-8-17)31(28,29)21-5-3-19(4-6-21)22(27)25-13-11-24(12-14-25)16-20-15-18(2)23-30-20/h3-6,15,17H,7-14,16H2,1-2H3. The van der Waals surface area contributed by atoms with Gasteiger partial charge in [-0.05, 0) is 49.9 Å². The van der Waals surface area contributed by atoms with Gasteiger partial charge in [0.05, 0.1) is 17.1 Å². The first kappa shape index (κ1) is 22.0. The van der Waals surface area contributed by atoms with Gasteiger partial charge in [-0.3, -0.25) is 9.69 Å². The summed E-state index contributed by atoms with van der Waals surface area (Å²) in [5.41, 5.74) is 1.38. The van der Waals surface area contributed by atoms with Crippen LogP contribution < -0.4 is 0 Å². The van der Waals surface area contributed by atoms with E-state index in [2.05, 4.69) is 17.0 Å². The highest BCUT2D eigenvalue weighted by molar-refractivity contribution is 7.89. The molecule has 2 aliphatic heterocycles. The Labute approximate surface area is 183 Å². The largest absolute Gasteiger partial charge is 0.360 e. The fourth-order valence-electron chi connectivity index (χ4n) is 4.15. The molecule has 2 saturated heterocycles. The number of amides is 1. The van der Waals surface area contributed by atoms with E-state index in [-0.39, 0.29) is 10.8 Å². The van der Waals surface area contributed by atoms with E-state index in [0.717, 1.165) is 37.4 Å². The zero-order chi connectivity index (χ0) is 22.0. The van der Waals surface area contributed by atoms with E-state index in [1.165, 1.54) is 0 Å². The Bertz CT molecular complexity index is 1000. The number of piperazine rings is 1. The Balaban J connectivity index is 1.34. The second kappa shape index (κ2) is 9.10. The summed E-state index contributed by atoms with van der Waals surface area (Å²) < 4.78 is 32.6. The smallest absolute Gasteiger partial charge is 0.253 e. The van der Waals surface area contributed by atoms with Crippen molar-refractivity contribution in [3.8, 4) is 0 Å². The summed E-state index contributed by atoms with van der Waals surface area (Å²) in [6.45, 7) is 8.61. The predicted molar refractivity (Wildman–Crippen MR) is 116 cm³/mol. The summed E-state index contributed by atoms with van der Waals surface area (Å²) in [6.07, 6.45) is 1.77. The van der Waals surface area contributed by atoms with Gasteiger partial charge in [-0.2, -0.15) is 4.31 Å². The fraction of sp³-hybridized carbons (Fsp3) is 0.545. The number of hydrogen-bond donors (Lipinski definition) is 0. The Morgan fingerprint density at radius 1 is 1.06 bits per heavy atom. The molecule has 8 nitrogen and oxygen atoms in total. The first-order chi connectivity index (χ1) is 14.8. The molecular formula is C22H30N4O4S. The van der Waals surface area contributed by atoms with Crippen molar-refractivity contribution in [2.45, 2.75) is 38.1 Å². The minimum atomic E-state index is -3.50. The molecule has 0 aliphatic carbocycles. The van der Waals surface area contributed by atoms with Crippen molar-refractivity contribution in [3.63, 3.8) is 0 Å². The minimum absolute atomic E-state index is 0.0640. The maximum Gasteiger partial charge on any atom is 0.253 e. The zero-order valence-corrected chi connectivity index (χ0v) is 19.0. The first-order valence-electron chi connectivity index (χ1n) is 10.9. The van der Waals surface area contributed by atoms with Crippen LogP contribution in [-0.2, 0) is 16.6 Å². The van der Waals surface area contributed by atoms with Gasteiger partial charge in [-0.15, -0.1) is 0 Å². The number of benzene rings is 1. The molecule has 2 fully saturated rings. The second-order valence-corrected chi connectivity index (χ2v) is 10.6. The molecule has 2 aliphatic rings. The molecular weight excluding hydrogens is 416 g/mol. The zero-order valence-electron chi connectivity index (χ0n) is 18.2. The van der Waals surface area contributed by atoms with Crippen molar-refractivity contribution in [3.05, 3.63) is 47.3 Å². The van der Waals surface area contributed by atoms with E-state index in [1.54, 1.807) is 28.6 Å². The lowest BCUT2D eigenvalue weighted by Gasteiger charge is -2.34. The normalized spacial score (nSPS) is 19.6. The Morgan fingerprint density at radius 2 is 1.71 bits per heavy atom. The van der Waals surface area contributed by atoms with Crippen LogP contribution >= 0.6 is 0 Å². The van der Waals surface area contributed by atoms with Crippen molar-refractivity contribution in [2.75, 3.05) is 39.3 Å². The highest BCUT2D eigenvalue weighted by atomic mass is 32.2. The van der Waals surface area contributed by atoms with Crippen LogP contribution in [0.15, 0.2) is 39.8 Å². The van der Waals surface area contributed by atoms with E-state index in [0.29, 0.717) is 44.2 Å².